The molecule has 0 fully saturated rings. The van der Waals surface area contributed by atoms with E-state index in [1.54, 1.807) is 6.26 Å². The maximum absolute atomic E-state index is 11.0. The summed E-state index contributed by atoms with van der Waals surface area (Å²) < 4.78 is 5.62. The van der Waals surface area contributed by atoms with Crippen molar-refractivity contribution in [2.24, 2.45) is 0 Å². The molecule has 3 rings (SSSR count). The van der Waals surface area contributed by atoms with E-state index in [0.29, 0.717) is 5.89 Å². The van der Waals surface area contributed by atoms with Crippen molar-refractivity contribution in [3.05, 3.63) is 59.9 Å². The fraction of sp³-hybridized carbons (Fsp3) is 0.158. The molecule has 0 bridgehead atoms. The molecule has 0 aliphatic rings. The zero-order valence-electron chi connectivity index (χ0n) is 13.4. The Balaban J connectivity index is 1.89. The monoisotopic (exact) mass is 306 g/mol. The van der Waals surface area contributed by atoms with Gasteiger partial charge in [-0.15, -0.1) is 0 Å². The van der Waals surface area contributed by atoms with E-state index < -0.39 is 0 Å². The number of hydrogen-bond acceptors (Lipinski definition) is 3. The number of hydrogen-bond donors (Lipinski definition) is 1. The highest BCUT2D eigenvalue weighted by atomic mass is 16.3. The molecule has 1 N–H and O–H groups in total. The van der Waals surface area contributed by atoms with Crippen LogP contribution in [0.25, 0.3) is 22.7 Å². The van der Waals surface area contributed by atoms with E-state index in [0.717, 1.165) is 28.1 Å². The predicted octanol–water partition coefficient (Wildman–Crippen LogP) is 4.58. The lowest BCUT2D eigenvalue weighted by Crippen LogP contribution is -2.05. The lowest BCUT2D eigenvalue weighted by molar-refractivity contribution is -0.114. The molecule has 0 saturated carbocycles. The Bertz CT molecular complexity index is 848. The number of aryl methyl sites for hydroxylation is 2. The molecule has 4 nitrogen and oxygen atoms in total. The molecule has 0 saturated heterocycles. The first-order valence-corrected chi connectivity index (χ1v) is 7.44. The smallest absolute Gasteiger partial charge is 0.226 e. The normalized spacial score (nSPS) is 10.6. The average molecular weight is 306 g/mol. The van der Waals surface area contributed by atoms with Crippen molar-refractivity contribution in [1.29, 1.82) is 0 Å². The third kappa shape index (κ3) is 3.31. The SMILES string of the molecule is CC(=O)Nc1ccc(-c2nc(-c3cc(C)ccc3C)co2)cc1. The van der Waals surface area contributed by atoms with Gasteiger partial charge in [0.1, 0.15) is 12.0 Å². The molecule has 1 heterocycles. The van der Waals surface area contributed by atoms with Crippen LogP contribution < -0.4 is 5.32 Å². The van der Waals surface area contributed by atoms with Gasteiger partial charge in [0.15, 0.2) is 0 Å². The molecular formula is C19H18N2O2. The summed E-state index contributed by atoms with van der Waals surface area (Å²) in [5.74, 6) is 0.473. The van der Waals surface area contributed by atoms with E-state index in [-0.39, 0.29) is 5.91 Å². The molecule has 3 aromatic rings. The highest BCUT2D eigenvalue weighted by molar-refractivity contribution is 5.88. The molecule has 4 heteroatoms. The van der Waals surface area contributed by atoms with Crippen LogP contribution in [0.5, 0.6) is 0 Å². The van der Waals surface area contributed by atoms with Crippen LogP contribution in [0.2, 0.25) is 0 Å². The molecule has 0 spiro atoms. The molecular weight excluding hydrogens is 288 g/mol. The fourth-order valence-corrected chi connectivity index (χ4v) is 2.44. The summed E-state index contributed by atoms with van der Waals surface area (Å²) in [7, 11) is 0. The Morgan fingerprint density at radius 3 is 2.52 bits per heavy atom. The largest absolute Gasteiger partial charge is 0.444 e. The third-order valence-corrected chi connectivity index (χ3v) is 3.63. The number of carbonyl (C=O) groups excluding carboxylic acids is 1. The minimum Gasteiger partial charge on any atom is -0.444 e. The maximum atomic E-state index is 11.0. The van der Waals surface area contributed by atoms with Gasteiger partial charge in [0.05, 0.1) is 0 Å². The van der Waals surface area contributed by atoms with Crippen LogP contribution in [0.4, 0.5) is 5.69 Å². The van der Waals surface area contributed by atoms with Gasteiger partial charge in [-0.2, -0.15) is 0 Å². The first-order valence-electron chi connectivity index (χ1n) is 7.44. The predicted molar refractivity (Wildman–Crippen MR) is 91.2 cm³/mol. The van der Waals surface area contributed by atoms with E-state index in [2.05, 4.69) is 42.3 Å². The van der Waals surface area contributed by atoms with Gasteiger partial charge in [-0.3, -0.25) is 4.79 Å². The zero-order valence-corrected chi connectivity index (χ0v) is 13.4. The standard InChI is InChI=1S/C19H18N2O2/c1-12-4-5-13(2)17(10-12)18-11-23-19(21-18)15-6-8-16(9-7-15)20-14(3)22/h4-11H,1-3H3,(H,20,22). The number of carbonyl (C=O) groups is 1. The molecule has 0 aliphatic carbocycles. The van der Waals surface area contributed by atoms with Gasteiger partial charge in [-0.25, -0.2) is 4.98 Å². The number of nitrogens with one attached hydrogen (secondary N) is 1. The second-order valence-electron chi connectivity index (χ2n) is 5.61. The Kier molecular flexibility index (Phi) is 3.98. The molecule has 2 aromatic carbocycles. The number of amides is 1. The Morgan fingerprint density at radius 1 is 1.09 bits per heavy atom. The van der Waals surface area contributed by atoms with Crippen LogP contribution in [-0.4, -0.2) is 10.9 Å². The number of aromatic nitrogens is 1. The first-order chi connectivity index (χ1) is 11.0. The van der Waals surface area contributed by atoms with Crippen LogP contribution in [-0.2, 0) is 4.79 Å². The fourth-order valence-electron chi connectivity index (χ4n) is 2.44. The highest BCUT2D eigenvalue weighted by Crippen LogP contribution is 2.28. The Morgan fingerprint density at radius 2 is 1.83 bits per heavy atom. The zero-order chi connectivity index (χ0) is 16.4. The quantitative estimate of drug-likeness (QED) is 0.770. The average Bonchev–Trinajstić information content (AvgIpc) is 2.99. The van der Waals surface area contributed by atoms with E-state index in [1.165, 1.54) is 12.5 Å². The number of benzene rings is 2. The van der Waals surface area contributed by atoms with Gasteiger partial charge in [-0.05, 0) is 49.7 Å². The van der Waals surface area contributed by atoms with Crippen molar-refractivity contribution < 1.29 is 9.21 Å². The van der Waals surface area contributed by atoms with Crippen LogP contribution >= 0.6 is 0 Å². The van der Waals surface area contributed by atoms with Crippen molar-refractivity contribution in [3.63, 3.8) is 0 Å². The number of oxazole rings is 1. The summed E-state index contributed by atoms with van der Waals surface area (Å²) in [6, 6.07) is 13.7. The number of rotatable bonds is 3. The van der Waals surface area contributed by atoms with Crippen molar-refractivity contribution >= 4 is 11.6 Å². The number of nitrogens with zero attached hydrogens (tertiary/aromatic N) is 1. The summed E-state index contributed by atoms with van der Waals surface area (Å²) in [5.41, 5.74) is 5.88. The molecule has 0 unspecified atom stereocenters. The van der Waals surface area contributed by atoms with Gasteiger partial charge >= 0.3 is 0 Å². The van der Waals surface area contributed by atoms with E-state index in [9.17, 15) is 4.79 Å². The van der Waals surface area contributed by atoms with Crippen molar-refractivity contribution in [1.82, 2.24) is 4.98 Å². The van der Waals surface area contributed by atoms with Gasteiger partial charge in [0.25, 0.3) is 0 Å². The second kappa shape index (κ2) is 6.08. The van der Waals surface area contributed by atoms with Crippen molar-refractivity contribution in [3.8, 4) is 22.7 Å². The summed E-state index contributed by atoms with van der Waals surface area (Å²) in [6.45, 7) is 5.61. The van der Waals surface area contributed by atoms with Crippen LogP contribution in [0.3, 0.4) is 0 Å². The van der Waals surface area contributed by atoms with Crippen molar-refractivity contribution in [2.45, 2.75) is 20.8 Å². The Hall–Kier alpha value is -2.88. The van der Waals surface area contributed by atoms with Crippen LogP contribution in [0, 0.1) is 13.8 Å². The topological polar surface area (TPSA) is 55.1 Å². The molecule has 116 valence electrons. The van der Waals surface area contributed by atoms with Gasteiger partial charge in [0.2, 0.25) is 11.8 Å². The molecule has 23 heavy (non-hydrogen) atoms. The number of anilines is 1. The van der Waals surface area contributed by atoms with Gasteiger partial charge in [0, 0.05) is 23.7 Å². The molecule has 1 aromatic heterocycles. The second-order valence-corrected chi connectivity index (χ2v) is 5.61. The minimum atomic E-state index is -0.0916. The van der Waals surface area contributed by atoms with Crippen LogP contribution in [0.1, 0.15) is 18.1 Å². The van der Waals surface area contributed by atoms with E-state index in [1.807, 2.05) is 24.3 Å². The van der Waals surface area contributed by atoms with E-state index >= 15 is 0 Å². The molecule has 0 aliphatic heterocycles. The molecule has 1 amide bonds. The maximum Gasteiger partial charge on any atom is 0.226 e. The third-order valence-electron chi connectivity index (χ3n) is 3.63. The van der Waals surface area contributed by atoms with Gasteiger partial charge < -0.3 is 9.73 Å². The summed E-state index contributed by atoms with van der Waals surface area (Å²) in [6.07, 6.45) is 1.68. The Labute approximate surface area is 135 Å². The highest BCUT2D eigenvalue weighted by Gasteiger charge is 2.10. The summed E-state index contributed by atoms with van der Waals surface area (Å²) in [5, 5.41) is 2.74. The lowest BCUT2D eigenvalue weighted by Gasteiger charge is -2.03. The summed E-state index contributed by atoms with van der Waals surface area (Å²) in [4.78, 5) is 15.6. The van der Waals surface area contributed by atoms with Gasteiger partial charge in [-0.1, -0.05) is 17.7 Å². The first kappa shape index (κ1) is 15.0. The minimum absolute atomic E-state index is 0.0916. The van der Waals surface area contributed by atoms with Crippen molar-refractivity contribution in [2.75, 3.05) is 5.32 Å². The van der Waals surface area contributed by atoms with Crippen LogP contribution in [0.15, 0.2) is 53.1 Å². The molecule has 0 atom stereocenters. The van der Waals surface area contributed by atoms with E-state index in [4.69, 9.17) is 4.42 Å². The molecule has 0 radical (unpaired) electrons. The lowest BCUT2D eigenvalue weighted by atomic mass is 10.0. The summed E-state index contributed by atoms with van der Waals surface area (Å²) >= 11 is 0.